The fourth-order valence-electron chi connectivity index (χ4n) is 6.41. The van der Waals surface area contributed by atoms with Gasteiger partial charge in [0.05, 0.1) is 20.8 Å². The molecule has 0 unspecified atom stereocenters. The molecule has 0 saturated heterocycles. The molecule has 2 aromatic carbocycles. The van der Waals surface area contributed by atoms with E-state index in [9.17, 15) is 15.1 Å². The van der Waals surface area contributed by atoms with E-state index in [-0.39, 0.29) is 21.0 Å². The number of thiophene rings is 2. The number of benzene rings is 2. The molecule has 14 heteroatoms. The molecular formula is C26H24B2F2O8S2. The van der Waals surface area contributed by atoms with E-state index in [2.05, 4.69) is 0 Å². The van der Waals surface area contributed by atoms with Crippen LogP contribution in [0.1, 0.15) is 33.4 Å². The lowest BCUT2D eigenvalue weighted by Crippen LogP contribution is -2.35. The Morgan fingerprint density at radius 3 is 1.62 bits per heavy atom. The highest BCUT2D eigenvalue weighted by atomic mass is 32.1. The second-order valence-corrected chi connectivity index (χ2v) is 11.6. The lowest BCUT2D eigenvalue weighted by atomic mass is 9.84. The van der Waals surface area contributed by atoms with Gasteiger partial charge in [-0.1, -0.05) is 11.3 Å². The van der Waals surface area contributed by atoms with Crippen molar-refractivity contribution >= 4 is 53.0 Å². The Hall–Kier alpha value is -2.39. The van der Waals surface area contributed by atoms with Gasteiger partial charge >= 0.3 is 14.8 Å². The number of hydrogen-bond donors (Lipinski definition) is 3. The summed E-state index contributed by atoms with van der Waals surface area (Å²) in [4.78, 5) is 1.01. The van der Waals surface area contributed by atoms with E-state index in [4.69, 9.17) is 23.6 Å². The van der Waals surface area contributed by atoms with Crippen LogP contribution in [0.2, 0.25) is 0 Å². The summed E-state index contributed by atoms with van der Waals surface area (Å²) in [6, 6.07) is 3.75. The third kappa shape index (κ3) is 3.14. The van der Waals surface area contributed by atoms with Crippen LogP contribution in [0.4, 0.5) is 8.78 Å². The molecular weight excluding hydrogens is 564 g/mol. The number of methoxy groups -OCH3 is 4. The van der Waals surface area contributed by atoms with Crippen molar-refractivity contribution in [3.05, 3.63) is 57.1 Å². The van der Waals surface area contributed by atoms with Crippen molar-refractivity contribution in [3.8, 4) is 25.9 Å². The van der Waals surface area contributed by atoms with Gasteiger partial charge in [0, 0.05) is 55.6 Å². The maximum Gasteiger partial charge on any atom is 0.504 e. The van der Waals surface area contributed by atoms with Crippen LogP contribution in [0.15, 0.2) is 12.1 Å². The average molecular weight is 588 g/mol. The Balaban J connectivity index is 1.78. The standard InChI is InChI=1S/C26H24B2F2O8S2/c1-9-7-11-15(25(34-3,35-4)17-19(29)23(28(32)33)39-21(11)17)13-10(2)8-12-16(14(9)13)26(36-5,37-6)18-20(30)24(38-27-31)40-22(12)18/h7-8,27,31-33H,1-6H3. The molecule has 6 rings (SSSR count). The summed E-state index contributed by atoms with van der Waals surface area (Å²) in [5.74, 6) is -4.87. The molecule has 2 aromatic heterocycles. The normalized spacial score (nSPS) is 15.7. The molecule has 0 saturated carbocycles. The molecule has 0 atom stereocenters. The highest BCUT2D eigenvalue weighted by Crippen LogP contribution is 2.62. The average Bonchev–Trinajstić information content (AvgIpc) is 3.61. The lowest BCUT2D eigenvalue weighted by Gasteiger charge is -2.33. The summed E-state index contributed by atoms with van der Waals surface area (Å²) in [7, 11) is 2.94. The first-order valence-electron chi connectivity index (χ1n) is 12.2. The first-order valence-corrected chi connectivity index (χ1v) is 13.8. The number of rotatable bonds is 7. The van der Waals surface area contributed by atoms with E-state index in [0.29, 0.717) is 42.8 Å². The van der Waals surface area contributed by atoms with Gasteiger partial charge in [0.25, 0.3) is 0 Å². The third-order valence-electron chi connectivity index (χ3n) is 7.88. The Bertz CT molecular complexity index is 1710. The molecule has 40 heavy (non-hydrogen) atoms. The van der Waals surface area contributed by atoms with E-state index in [0.717, 1.165) is 33.8 Å². The largest absolute Gasteiger partial charge is 0.529 e. The fourth-order valence-corrected chi connectivity index (χ4v) is 8.61. The Kier molecular flexibility index (Phi) is 6.46. The summed E-state index contributed by atoms with van der Waals surface area (Å²) in [5, 5.41) is 30.2. The topological polar surface area (TPSA) is 107 Å². The maximum atomic E-state index is 15.8. The molecule has 0 spiro atoms. The smallest absolute Gasteiger partial charge is 0.504 e. The number of ether oxygens (including phenoxy) is 4. The van der Waals surface area contributed by atoms with Crippen molar-refractivity contribution in [2.75, 3.05) is 28.4 Å². The molecule has 2 heterocycles. The zero-order chi connectivity index (χ0) is 28.9. The summed E-state index contributed by atoms with van der Waals surface area (Å²) >= 11 is 1.96. The Morgan fingerprint density at radius 1 is 0.750 bits per heavy atom. The van der Waals surface area contributed by atoms with Crippen molar-refractivity contribution in [1.82, 2.24) is 0 Å². The second kappa shape index (κ2) is 9.31. The molecule has 0 amide bonds. The van der Waals surface area contributed by atoms with Gasteiger partial charge in [-0.2, -0.15) is 0 Å². The van der Waals surface area contributed by atoms with Gasteiger partial charge in [0.15, 0.2) is 10.9 Å². The minimum Gasteiger partial charge on any atom is -0.529 e. The number of fused-ring (bicyclic) bond motifs is 9. The van der Waals surface area contributed by atoms with Gasteiger partial charge < -0.3 is 38.7 Å². The quantitative estimate of drug-likeness (QED) is 0.224. The minimum atomic E-state index is -2.00. The third-order valence-corrected chi connectivity index (χ3v) is 10.2. The van der Waals surface area contributed by atoms with Crippen molar-refractivity contribution in [2.45, 2.75) is 25.4 Å². The predicted molar refractivity (Wildman–Crippen MR) is 149 cm³/mol. The van der Waals surface area contributed by atoms with Gasteiger partial charge in [0.2, 0.25) is 11.6 Å². The van der Waals surface area contributed by atoms with Crippen LogP contribution in [0.3, 0.4) is 0 Å². The summed E-state index contributed by atoms with van der Waals surface area (Å²) in [6.07, 6.45) is 0. The van der Waals surface area contributed by atoms with Gasteiger partial charge in [-0.3, -0.25) is 0 Å². The first-order chi connectivity index (χ1) is 19.1. The maximum absolute atomic E-state index is 15.8. The molecule has 208 valence electrons. The van der Waals surface area contributed by atoms with E-state index < -0.39 is 38.0 Å². The second-order valence-electron chi connectivity index (χ2n) is 9.57. The molecule has 0 aliphatic heterocycles. The molecule has 0 fully saturated rings. The molecule has 2 aliphatic carbocycles. The van der Waals surface area contributed by atoms with Crippen LogP contribution in [-0.2, 0) is 30.5 Å². The van der Waals surface area contributed by atoms with Crippen LogP contribution in [-0.4, -0.2) is 58.3 Å². The first kappa shape index (κ1) is 27.8. The van der Waals surface area contributed by atoms with Crippen LogP contribution in [0.5, 0.6) is 5.06 Å². The Labute approximate surface area is 237 Å². The van der Waals surface area contributed by atoms with Gasteiger partial charge in [-0.25, -0.2) is 8.78 Å². The lowest BCUT2D eigenvalue weighted by molar-refractivity contribution is -0.182. The SMILES string of the molecule is COC1(OC)c2c(sc(OBO)c2F)-c2cc(C)c3c4c(cc(C)c3c21)-c1sc(B(O)O)c(F)c1C4(OC)OC. The van der Waals surface area contributed by atoms with E-state index in [1.165, 1.54) is 28.4 Å². The monoisotopic (exact) mass is 588 g/mol. The fraction of sp³-hybridized carbons (Fsp3) is 0.308. The van der Waals surface area contributed by atoms with Crippen LogP contribution < -0.4 is 9.43 Å². The van der Waals surface area contributed by atoms with Crippen LogP contribution in [0.25, 0.3) is 31.7 Å². The molecule has 8 nitrogen and oxygen atoms in total. The van der Waals surface area contributed by atoms with E-state index in [1.807, 2.05) is 26.0 Å². The van der Waals surface area contributed by atoms with Crippen LogP contribution in [0, 0.1) is 25.5 Å². The summed E-state index contributed by atoms with van der Waals surface area (Å²) in [5.41, 5.74) is 4.16. The zero-order valence-corrected chi connectivity index (χ0v) is 24.0. The number of aryl methyl sites for hydroxylation is 2. The van der Waals surface area contributed by atoms with Crippen molar-refractivity contribution in [3.63, 3.8) is 0 Å². The zero-order valence-electron chi connectivity index (χ0n) is 22.4. The highest BCUT2D eigenvalue weighted by Gasteiger charge is 2.54. The Morgan fingerprint density at radius 2 is 1.20 bits per heavy atom. The van der Waals surface area contributed by atoms with E-state index in [1.54, 1.807) is 0 Å². The number of halogens is 2. The summed E-state index contributed by atoms with van der Waals surface area (Å²) in [6.45, 7) is 3.77. The van der Waals surface area contributed by atoms with Crippen molar-refractivity contribution in [1.29, 1.82) is 0 Å². The minimum absolute atomic E-state index is 0.0630. The molecule has 2 aliphatic rings. The molecule has 0 radical (unpaired) electrons. The molecule has 4 aromatic rings. The molecule has 3 N–H and O–H groups in total. The summed E-state index contributed by atoms with van der Waals surface area (Å²) < 4.78 is 60.2. The molecule has 0 bridgehead atoms. The van der Waals surface area contributed by atoms with Gasteiger partial charge in [0.1, 0.15) is 5.82 Å². The van der Waals surface area contributed by atoms with Crippen molar-refractivity contribution < 1.29 is 47.5 Å². The highest BCUT2D eigenvalue weighted by molar-refractivity contribution is 7.25. The van der Waals surface area contributed by atoms with Gasteiger partial charge in [-0.15, -0.1) is 11.3 Å². The predicted octanol–water partition coefficient (Wildman–Crippen LogP) is 3.12. The van der Waals surface area contributed by atoms with Crippen molar-refractivity contribution in [2.24, 2.45) is 0 Å². The van der Waals surface area contributed by atoms with Gasteiger partial charge in [-0.05, 0) is 47.9 Å². The number of hydrogen-bond acceptors (Lipinski definition) is 10. The van der Waals surface area contributed by atoms with E-state index >= 15 is 8.78 Å². The van der Waals surface area contributed by atoms with Crippen LogP contribution >= 0.6 is 22.7 Å².